The third-order valence-electron chi connectivity index (χ3n) is 4.50. The van der Waals surface area contributed by atoms with Crippen molar-refractivity contribution in [1.82, 2.24) is 24.8 Å². The molecule has 0 aromatic carbocycles. The van der Waals surface area contributed by atoms with Gasteiger partial charge in [-0.05, 0) is 12.1 Å². The Morgan fingerprint density at radius 2 is 2.25 bits per heavy atom. The Morgan fingerprint density at radius 3 is 3.12 bits per heavy atom. The van der Waals surface area contributed by atoms with E-state index in [0.29, 0.717) is 25.4 Å². The Morgan fingerprint density at radius 1 is 1.29 bits per heavy atom. The quantitative estimate of drug-likeness (QED) is 0.876. The first kappa shape index (κ1) is 15.3. The second-order valence-electron chi connectivity index (χ2n) is 6.10. The van der Waals surface area contributed by atoms with Crippen molar-refractivity contribution in [2.24, 2.45) is 0 Å². The van der Waals surface area contributed by atoms with Gasteiger partial charge in [0.05, 0.1) is 18.8 Å². The van der Waals surface area contributed by atoms with Gasteiger partial charge in [-0.3, -0.25) is 9.78 Å². The van der Waals surface area contributed by atoms with Gasteiger partial charge in [0.1, 0.15) is 17.6 Å². The van der Waals surface area contributed by atoms with Crippen LogP contribution in [-0.2, 0) is 17.7 Å². The molecule has 4 heterocycles. The van der Waals surface area contributed by atoms with Crippen molar-refractivity contribution >= 4 is 5.91 Å². The smallest absolute Gasteiger partial charge is 0.274 e. The van der Waals surface area contributed by atoms with Crippen LogP contribution in [0.15, 0.2) is 30.6 Å². The molecule has 1 fully saturated rings. The number of hydrogen-bond donors (Lipinski definition) is 1. The van der Waals surface area contributed by atoms with Gasteiger partial charge in [0.2, 0.25) is 0 Å². The molecule has 0 radical (unpaired) electrons. The molecule has 7 heteroatoms. The predicted molar refractivity (Wildman–Crippen MR) is 87.6 cm³/mol. The molecule has 2 aromatic heterocycles. The maximum atomic E-state index is 12.8. The molecule has 0 bridgehead atoms. The Balaban J connectivity index is 1.50. The van der Waals surface area contributed by atoms with Crippen molar-refractivity contribution in [3.63, 3.8) is 0 Å². The maximum absolute atomic E-state index is 12.8. The lowest BCUT2D eigenvalue weighted by Gasteiger charge is -2.32. The van der Waals surface area contributed by atoms with Gasteiger partial charge in [-0.25, -0.2) is 4.98 Å². The summed E-state index contributed by atoms with van der Waals surface area (Å²) in [5.41, 5.74) is 1.40. The number of rotatable bonds is 2. The van der Waals surface area contributed by atoms with Crippen LogP contribution in [0.1, 0.15) is 28.1 Å². The Labute approximate surface area is 140 Å². The van der Waals surface area contributed by atoms with Crippen molar-refractivity contribution in [1.29, 1.82) is 0 Å². The molecular weight excluding hydrogens is 306 g/mol. The average molecular weight is 327 g/mol. The first-order chi connectivity index (χ1) is 11.8. The van der Waals surface area contributed by atoms with E-state index in [4.69, 9.17) is 4.74 Å². The normalized spacial score (nSPS) is 21.2. The SMILES string of the molecule is O=C(c1cn2c(n1)CCNCC2)N1CCOC(c2ccccn2)C1. The standard InChI is InChI=1S/C17H21N5O2/c23-17(14-11-21-8-7-18-6-4-16(21)20-14)22-9-10-24-15(12-22)13-3-1-2-5-19-13/h1-3,5,11,15,18H,4,6-10,12H2. The zero-order chi connectivity index (χ0) is 16.4. The molecule has 1 N–H and O–H groups in total. The number of pyridine rings is 1. The summed E-state index contributed by atoms with van der Waals surface area (Å²) < 4.78 is 7.88. The summed E-state index contributed by atoms with van der Waals surface area (Å²) in [4.78, 5) is 23.6. The van der Waals surface area contributed by atoms with Gasteiger partial charge in [-0.15, -0.1) is 0 Å². The molecule has 0 saturated carbocycles. The average Bonchev–Trinajstić information content (AvgIpc) is 2.92. The number of nitrogens with zero attached hydrogens (tertiary/aromatic N) is 4. The van der Waals surface area contributed by atoms with Gasteiger partial charge in [-0.1, -0.05) is 6.07 Å². The molecule has 1 atom stereocenters. The highest BCUT2D eigenvalue weighted by Gasteiger charge is 2.28. The molecule has 126 valence electrons. The van der Waals surface area contributed by atoms with Gasteiger partial charge >= 0.3 is 0 Å². The molecular formula is C17H21N5O2. The number of amides is 1. The van der Waals surface area contributed by atoms with E-state index in [1.807, 2.05) is 29.3 Å². The molecule has 1 saturated heterocycles. The first-order valence-corrected chi connectivity index (χ1v) is 8.40. The highest BCUT2D eigenvalue weighted by Crippen LogP contribution is 2.21. The molecule has 2 aliphatic heterocycles. The van der Waals surface area contributed by atoms with Gasteiger partial charge in [0.25, 0.3) is 5.91 Å². The fourth-order valence-corrected chi connectivity index (χ4v) is 3.22. The topological polar surface area (TPSA) is 72.3 Å². The minimum Gasteiger partial charge on any atom is -0.368 e. The summed E-state index contributed by atoms with van der Waals surface area (Å²) >= 11 is 0. The van der Waals surface area contributed by atoms with Crippen LogP contribution in [0.5, 0.6) is 0 Å². The zero-order valence-electron chi connectivity index (χ0n) is 13.5. The minimum absolute atomic E-state index is 0.0206. The van der Waals surface area contributed by atoms with Crippen molar-refractivity contribution in [3.8, 4) is 0 Å². The van der Waals surface area contributed by atoms with E-state index in [1.165, 1.54) is 0 Å². The van der Waals surface area contributed by atoms with Crippen LogP contribution in [0.2, 0.25) is 0 Å². The largest absolute Gasteiger partial charge is 0.368 e. The lowest BCUT2D eigenvalue weighted by molar-refractivity contribution is -0.0249. The van der Waals surface area contributed by atoms with Crippen LogP contribution >= 0.6 is 0 Å². The van der Waals surface area contributed by atoms with E-state index in [0.717, 1.165) is 37.6 Å². The van der Waals surface area contributed by atoms with Gasteiger partial charge < -0.3 is 19.5 Å². The number of ether oxygens (including phenoxy) is 1. The van der Waals surface area contributed by atoms with Crippen molar-refractivity contribution in [2.75, 3.05) is 32.8 Å². The fourth-order valence-electron chi connectivity index (χ4n) is 3.22. The molecule has 7 nitrogen and oxygen atoms in total. The summed E-state index contributed by atoms with van der Waals surface area (Å²) in [6, 6.07) is 5.75. The van der Waals surface area contributed by atoms with E-state index in [1.54, 1.807) is 6.20 Å². The highest BCUT2D eigenvalue weighted by atomic mass is 16.5. The second-order valence-corrected chi connectivity index (χ2v) is 6.10. The van der Waals surface area contributed by atoms with Crippen molar-refractivity contribution in [3.05, 3.63) is 47.8 Å². The highest BCUT2D eigenvalue weighted by molar-refractivity contribution is 5.92. The first-order valence-electron chi connectivity index (χ1n) is 8.40. The lowest BCUT2D eigenvalue weighted by atomic mass is 10.2. The monoisotopic (exact) mass is 327 g/mol. The van der Waals surface area contributed by atoms with Crippen LogP contribution in [-0.4, -0.2) is 58.1 Å². The fraction of sp³-hybridized carbons (Fsp3) is 0.471. The van der Waals surface area contributed by atoms with Crippen molar-refractivity contribution in [2.45, 2.75) is 19.1 Å². The molecule has 1 amide bonds. The van der Waals surface area contributed by atoms with Crippen LogP contribution in [0.3, 0.4) is 0 Å². The molecule has 2 aromatic rings. The Hall–Kier alpha value is -2.25. The van der Waals surface area contributed by atoms with Crippen LogP contribution in [0, 0.1) is 0 Å². The number of morpholine rings is 1. The number of carbonyl (C=O) groups excluding carboxylic acids is 1. The van der Waals surface area contributed by atoms with E-state index in [9.17, 15) is 4.79 Å². The Bertz CT molecular complexity index is 692. The van der Waals surface area contributed by atoms with E-state index >= 15 is 0 Å². The summed E-state index contributed by atoms with van der Waals surface area (Å²) in [5, 5.41) is 3.34. The van der Waals surface area contributed by atoms with E-state index in [-0.39, 0.29) is 12.0 Å². The van der Waals surface area contributed by atoms with Crippen LogP contribution in [0.25, 0.3) is 0 Å². The number of hydrogen-bond acceptors (Lipinski definition) is 5. The molecule has 4 rings (SSSR count). The number of aromatic nitrogens is 3. The summed E-state index contributed by atoms with van der Waals surface area (Å²) in [7, 11) is 0. The number of carbonyl (C=O) groups is 1. The van der Waals surface area contributed by atoms with Gasteiger partial charge in [-0.2, -0.15) is 0 Å². The predicted octanol–water partition coefficient (Wildman–Crippen LogP) is 0.637. The Kier molecular flexibility index (Phi) is 4.27. The molecule has 2 aliphatic rings. The minimum atomic E-state index is -0.173. The summed E-state index contributed by atoms with van der Waals surface area (Å²) in [6.07, 6.45) is 4.32. The number of fused-ring (bicyclic) bond motifs is 1. The van der Waals surface area contributed by atoms with Gasteiger partial charge in [0, 0.05) is 45.0 Å². The molecule has 0 aliphatic carbocycles. The second kappa shape index (κ2) is 6.70. The maximum Gasteiger partial charge on any atom is 0.274 e. The number of imidazole rings is 1. The number of nitrogens with one attached hydrogen (secondary N) is 1. The van der Waals surface area contributed by atoms with E-state index in [2.05, 4.69) is 19.9 Å². The van der Waals surface area contributed by atoms with Crippen LogP contribution in [0.4, 0.5) is 0 Å². The third kappa shape index (κ3) is 3.05. The van der Waals surface area contributed by atoms with Gasteiger partial charge in [0.15, 0.2) is 0 Å². The van der Waals surface area contributed by atoms with E-state index < -0.39 is 0 Å². The molecule has 1 unspecified atom stereocenters. The lowest BCUT2D eigenvalue weighted by Crippen LogP contribution is -2.42. The molecule has 0 spiro atoms. The molecule has 24 heavy (non-hydrogen) atoms. The zero-order valence-corrected chi connectivity index (χ0v) is 13.5. The van der Waals surface area contributed by atoms with Crippen LogP contribution < -0.4 is 5.32 Å². The third-order valence-corrected chi connectivity index (χ3v) is 4.50. The van der Waals surface area contributed by atoms with Crippen molar-refractivity contribution < 1.29 is 9.53 Å². The summed E-state index contributed by atoms with van der Waals surface area (Å²) in [6.45, 7) is 4.30. The summed E-state index contributed by atoms with van der Waals surface area (Å²) in [5.74, 6) is 0.964.